The van der Waals surface area contributed by atoms with Gasteiger partial charge in [-0.05, 0) is 34.3 Å². The first-order chi connectivity index (χ1) is 8.12. The van der Waals surface area contributed by atoms with Crippen LogP contribution >= 0.6 is 39.3 Å². The third-order valence-electron chi connectivity index (χ3n) is 1.72. The van der Waals surface area contributed by atoms with E-state index >= 15 is 0 Å². The third-order valence-corrected chi connectivity index (χ3v) is 3.19. The van der Waals surface area contributed by atoms with Crippen molar-refractivity contribution < 1.29 is 0 Å². The molecule has 0 saturated heterocycles. The van der Waals surface area contributed by atoms with Crippen molar-refractivity contribution in [2.75, 3.05) is 6.26 Å². The summed E-state index contributed by atoms with van der Waals surface area (Å²) in [6, 6.07) is 5.14. The molecular weight excluding hydrogens is 324 g/mol. The molecule has 0 aliphatic carbocycles. The number of hydrogen-bond acceptors (Lipinski definition) is 4. The lowest BCUT2D eigenvalue weighted by atomic mass is 10.2. The molecule has 17 heavy (non-hydrogen) atoms. The van der Waals surface area contributed by atoms with Crippen LogP contribution in [0, 0.1) is 22.8 Å². The van der Waals surface area contributed by atoms with Gasteiger partial charge in [0.15, 0.2) is 11.4 Å². The van der Waals surface area contributed by atoms with Gasteiger partial charge in [-0.1, -0.05) is 23.4 Å². The number of halogens is 2. The summed E-state index contributed by atoms with van der Waals surface area (Å²) in [5.74, 6) is 0. The minimum Gasteiger partial charge on any atom is -0.271 e. The molecule has 1 aromatic rings. The summed E-state index contributed by atoms with van der Waals surface area (Å²) >= 11 is 10.6. The second-order valence-electron chi connectivity index (χ2n) is 2.76. The first-order valence-electron chi connectivity index (χ1n) is 4.29. The normalized spacial score (nSPS) is 10.5. The summed E-state index contributed by atoms with van der Waals surface area (Å²) < 4.78 is 0.604. The summed E-state index contributed by atoms with van der Waals surface area (Å²) in [6.07, 6.45) is 3.57. The number of thioether (sulfide) groups is 1. The largest absolute Gasteiger partial charge is 0.271 e. The van der Waals surface area contributed by atoms with Crippen LogP contribution in [-0.2, 0) is 0 Å². The van der Waals surface area contributed by atoms with E-state index in [0.29, 0.717) is 25.9 Å². The molecule has 1 aromatic carbocycles. The molecule has 7 heteroatoms. The predicted octanol–water partition coefficient (Wildman–Crippen LogP) is 3.40. The van der Waals surface area contributed by atoms with Crippen molar-refractivity contribution >= 4 is 50.1 Å². The van der Waals surface area contributed by atoms with Crippen molar-refractivity contribution in [1.82, 2.24) is 5.32 Å². The van der Waals surface area contributed by atoms with Crippen molar-refractivity contribution in [1.29, 1.82) is 10.5 Å². The Hall–Kier alpha value is -1.21. The summed E-state index contributed by atoms with van der Waals surface area (Å²) in [5.41, 5.74) is 0.928. The molecule has 86 valence electrons. The number of benzene rings is 1. The van der Waals surface area contributed by atoms with Crippen molar-refractivity contribution in [3.63, 3.8) is 0 Å². The van der Waals surface area contributed by atoms with Gasteiger partial charge in [-0.15, -0.1) is 0 Å². The van der Waals surface area contributed by atoms with E-state index in [4.69, 9.17) is 22.1 Å². The Bertz CT molecular complexity index is 521. The van der Waals surface area contributed by atoms with Crippen LogP contribution in [0.2, 0.25) is 5.02 Å². The topological polar surface area (TPSA) is 72.0 Å². The predicted molar refractivity (Wildman–Crippen MR) is 73.2 cm³/mol. The van der Waals surface area contributed by atoms with Gasteiger partial charge >= 0.3 is 0 Å². The number of rotatable bonds is 1. The van der Waals surface area contributed by atoms with E-state index in [-0.39, 0.29) is 0 Å². The third kappa shape index (κ3) is 3.64. The zero-order valence-electron chi connectivity index (χ0n) is 8.66. The number of aliphatic imine (C=N–C) groups is 1. The maximum absolute atomic E-state index is 8.76. The fourth-order valence-corrected chi connectivity index (χ4v) is 2.27. The van der Waals surface area contributed by atoms with Crippen LogP contribution in [0.15, 0.2) is 21.6 Å². The van der Waals surface area contributed by atoms with Crippen molar-refractivity contribution in [3.8, 4) is 12.3 Å². The van der Waals surface area contributed by atoms with Crippen molar-refractivity contribution in [3.05, 3.63) is 27.2 Å². The average molecular weight is 330 g/mol. The smallest absolute Gasteiger partial charge is 0.183 e. The number of nitrogens with zero attached hydrogens (tertiary/aromatic N) is 3. The zero-order valence-corrected chi connectivity index (χ0v) is 11.8. The van der Waals surface area contributed by atoms with Crippen LogP contribution in [0.5, 0.6) is 0 Å². The molecule has 0 unspecified atom stereocenters. The van der Waals surface area contributed by atoms with Gasteiger partial charge in [0.05, 0.1) is 22.3 Å². The number of nitriles is 2. The van der Waals surface area contributed by atoms with Gasteiger partial charge < -0.3 is 0 Å². The fraction of sp³-hybridized carbons (Fsp3) is 0.100. The van der Waals surface area contributed by atoms with Gasteiger partial charge in [0.25, 0.3) is 0 Å². The van der Waals surface area contributed by atoms with Gasteiger partial charge in [0.1, 0.15) is 0 Å². The SMILES string of the molecule is CSC(=Nc1c(Cl)cc(C#N)cc1Br)NC#N. The maximum atomic E-state index is 8.76. The standard InChI is InChI=1S/C10H6BrClN4S/c1-17-10(15-5-14)16-9-7(11)2-6(4-13)3-8(9)12/h2-3H,1H3,(H,15,16). The highest BCUT2D eigenvalue weighted by atomic mass is 79.9. The molecule has 0 spiro atoms. The van der Waals surface area contributed by atoms with Gasteiger partial charge in [-0.2, -0.15) is 10.5 Å². The van der Waals surface area contributed by atoms with Crippen LogP contribution in [0.25, 0.3) is 0 Å². The minimum atomic E-state index is 0.349. The Balaban J connectivity index is 3.25. The Labute approximate surface area is 116 Å². The highest BCUT2D eigenvalue weighted by molar-refractivity contribution is 9.10. The fourth-order valence-electron chi connectivity index (χ4n) is 1.01. The minimum absolute atomic E-state index is 0.349. The first kappa shape index (κ1) is 13.9. The van der Waals surface area contributed by atoms with Crippen LogP contribution in [0.3, 0.4) is 0 Å². The monoisotopic (exact) mass is 328 g/mol. The van der Waals surface area contributed by atoms with E-state index in [1.807, 2.05) is 6.07 Å². The van der Waals surface area contributed by atoms with Crippen molar-refractivity contribution in [2.24, 2.45) is 4.99 Å². The van der Waals surface area contributed by atoms with E-state index in [2.05, 4.69) is 26.2 Å². The molecular formula is C10H6BrClN4S. The van der Waals surface area contributed by atoms with Crippen LogP contribution in [0.4, 0.5) is 5.69 Å². The molecule has 0 fully saturated rings. The number of hydrogen-bond donors (Lipinski definition) is 1. The highest BCUT2D eigenvalue weighted by Crippen LogP contribution is 2.35. The Morgan fingerprint density at radius 2 is 2.24 bits per heavy atom. The van der Waals surface area contributed by atoms with Crippen LogP contribution in [0.1, 0.15) is 5.56 Å². The number of amidine groups is 1. The van der Waals surface area contributed by atoms with E-state index in [1.54, 1.807) is 18.5 Å². The molecule has 0 amide bonds. The molecule has 0 radical (unpaired) electrons. The van der Waals surface area contributed by atoms with E-state index in [0.717, 1.165) is 0 Å². The number of nitrogens with one attached hydrogen (secondary N) is 1. The molecule has 0 saturated carbocycles. The van der Waals surface area contributed by atoms with Gasteiger partial charge in [0.2, 0.25) is 0 Å². The molecule has 0 aromatic heterocycles. The second kappa shape index (κ2) is 6.51. The van der Waals surface area contributed by atoms with Crippen molar-refractivity contribution in [2.45, 2.75) is 0 Å². The van der Waals surface area contributed by atoms with E-state index in [9.17, 15) is 0 Å². The second-order valence-corrected chi connectivity index (χ2v) is 4.81. The van der Waals surface area contributed by atoms with Crippen LogP contribution in [-0.4, -0.2) is 11.4 Å². The molecule has 0 bridgehead atoms. The first-order valence-corrected chi connectivity index (χ1v) is 6.69. The summed E-state index contributed by atoms with van der Waals surface area (Å²) in [6.45, 7) is 0. The van der Waals surface area contributed by atoms with E-state index < -0.39 is 0 Å². The molecule has 1 rings (SSSR count). The molecule has 0 aliphatic heterocycles. The maximum Gasteiger partial charge on any atom is 0.183 e. The lowest BCUT2D eigenvalue weighted by molar-refractivity contribution is 1.28. The molecule has 4 nitrogen and oxygen atoms in total. The summed E-state index contributed by atoms with van der Waals surface area (Å²) in [4.78, 5) is 4.20. The Morgan fingerprint density at radius 3 is 2.71 bits per heavy atom. The van der Waals surface area contributed by atoms with E-state index in [1.165, 1.54) is 17.8 Å². The lowest BCUT2D eigenvalue weighted by Crippen LogP contribution is -2.12. The van der Waals surface area contributed by atoms with Gasteiger partial charge in [-0.25, -0.2) is 4.99 Å². The zero-order chi connectivity index (χ0) is 12.8. The molecule has 0 atom stereocenters. The molecule has 0 aliphatic rings. The Morgan fingerprint density at radius 1 is 1.53 bits per heavy atom. The quantitative estimate of drug-likeness (QED) is 0.371. The van der Waals surface area contributed by atoms with Crippen LogP contribution < -0.4 is 5.32 Å². The average Bonchev–Trinajstić information content (AvgIpc) is 2.31. The lowest BCUT2D eigenvalue weighted by Gasteiger charge is -2.04. The van der Waals surface area contributed by atoms with Gasteiger partial charge in [0, 0.05) is 4.47 Å². The molecule has 1 N–H and O–H groups in total. The molecule has 0 heterocycles. The Kier molecular flexibility index (Phi) is 5.30. The van der Waals surface area contributed by atoms with Gasteiger partial charge in [-0.3, -0.25) is 5.32 Å². The summed E-state index contributed by atoms with van der Waals surface area (Å²) in [5, 5.41) is 20.5. The summed E-state index contributed by atoms with van der Waals surface area (Å²) in [7, 11) is 0. The highest BCUT2D eigenvalue weighted by Gasteiger charge is 2.08.